The van der Waals surface area contributed by atoms with Crippen LogP contribution in [0.1, 0.15) is 30.5 Å². The molecule has 1 aromatic rings. The molecule has 2 aliphatic heterocycles. The molecule has 5 nitrogen and oxygen atoms in total. The van der Waals surface area contributed by atoms with E-state index in [0.717, 1.165) is 57.7 Å². The van der Waals surface area contributed by atoms with E-state index in [-0.39, 0.29) is 17.9 Å². The van der Waals surface area contributed by atoms with Crippen LogP contribution >= 0.6 is 0 Å². The van der Waals surface area contributed by atoms with Crippen molar-refractivity contribution in [2.75, 3.05) is 32.8 Å². The van der Waals surface area contributed by atoms with E-state index in [1.807, 2.05) is 18.0 Å². The third-order valence-corrected chi connectivity index (χ3v) is 6.05. The molecule has 3 aliphatic rings. The molecular formula is C19H27N3O2. The molecule has 4 rings (SSSR count). The van der Waals surface area contributed by atoms with E-state index in [1.54, 1.807) is 0 Å². The third-order valence-electron chi connectivity index (χ3n) is 6.05. The first-order valence-electron chi connectivity index (χ1n) is 9.13. The van der Waals surface area contributed by atoms with Crippen LogP contribution < -0.4 is 0 Å². The highest BCUT2D eigenvalue weighted by molar-refractivity contribution is 5.81. The number of rotatable bonds is 4. The fraction of sp³-hybridized carbons (Fsp3) is 0.684. The number of piperidine rings is 1. The smallest absolute Gasteiger partial charge is 0.225 e. The van der Waals surface area contributed by atoms with Crippen molar-refractivity contribution in [1.82, 2.24) is 14.8 Å². The Kier molecular flexibility index (Phi) is 4.09. The Morgan fingerprint density at radius 1 is 1.33 bits per heavy atom. The summed E-state index contributed by atoms with van der Waals surface area (Å²) in [5, 5.41) is 10.1. The Balaban J connectivity index is 1.45. The zero-order valence-electron chi connectivity index (χ0n) is 14.4. The number of aliphatic hydroxyl groups is 1. The molecule has 0 bridgehead atoms. The Hall–Kier alpha value is -1.46. The van der Waals surface area contributed by atoms with Gasteiger partial charge in [0.2, 0.25) is 5.91 Å². The van der Waals surface area contributed by atoms with E-state index >= 15 is 0 Å². The van der Waals surface area contributed by atoms with Gasteiger partial charge in [-0.25, -0.2) is 0 Å². The summed E-state index contributed by atoms with van der Waals surface area (Å²) in [6.45, 7) is 6.49. The lowest BCUT2D eigenvalue weighted by Crippen LogP contribution is -2.53. The maximum Gasteiger partial charge on any atom is 0.225 e. The van der Waals surface area contributed by atoms with Crippen LogP contribution in [-0.4, -0.2) is 58.6 Å². The number of pyridine rings is 1. The van der Waals surface area contributed by atoms with Crippen molar-refractivity contribution < 1.29 is 9.90 Å². The number of amides is 1. The zero-order valence-corrected chi connectivity index (χ0v) is 14.4. The van der Waals surface area contributed by atoms with Crippen LogP contribution in [0.5, 0.6) is 0 Å². The molecule has 1 aromatic heterocycles. The predicted molar refractivity (Wildman–Crippen MR) is 91.2 cm³/mol. The van der Waals surface area contributed by atoms with E-state index in [9.17, 15) is 9.90 Å². The molecule has 1 aliphatic carbocycles. The van der Waals surface area contributed by atoms with Gasteiger partial charge in [-0.05, 0) is 43.7 Å². The molecule has 1 saturated carbocycles. The molecule has 1 N–H and O–H groups in total. The van der Waals surface area contributed by atoms with E-state index < -0.39 is 0 Å². The molecule has 130 valence electrons. The number of fused-ring (bicyclic) bond motifs is 1. The highest BCUT2D eigenvalue weighted by Gasteiger charge is 2.51. The third kappa shape index (κ3) is 2.95. The number of carbonyl (C=O) groups excluding carboxylic acids is 1. The van der Waals surface area contributed by atoms with Crippen LogP contribution in [0, 0.1) is 24.2 Å². The van der Waals surface area contributed by atoms with Crippen molar-refractivity contribution in [3.8, 4) is 0 Å². The second-order valence-corrected chi connectivity index (χ2v) is 8.04. The van der Waals surface area contributed by atoms with Crippen LogP contribution in [0.15, 0.2) is 18.3 Å². The van der Waals surface area contributed by atoms with Crippen molar-refractivity contribution in [3.05, 3.63) is 29.6 Å². The summed E-state index contributed by atoms with van der Waals surface area (Å²) in [5.74, 6) is 1.07. The molecular weight excluding hydrogens is 302 g/mol. The van der Waals surface area contributed by atoms with Gasteiger partial charge >= 0.3 is 0 Å². The highest BCUT2D eigenvalue weighted by Crippen LogP contribution is 2.43. The van der Waals surface area contributed by atoms with Gasteiger partial charge in [-0.2, -0.15) is 0 Å². The van der Waals surface area contributed by atoms with Crippen molar-refractivity contribution in [3.63, 3.8) is 0 Å². The van der Waals surface area contributed by atoms with Crippen molar-refractivity contribution in [2.24, 2.45) is 17.3 Å². The van der Waals surface area contributed by atoms with Gasteiger partial charge in [0.1, 0.15) is 0 Å². The van der Waals surface area contributed by atoms with Crippen LogP contribution in [0.25, 0.3) is 0 Å². The lowest BCUT2D eigenvalue weighted by atomic mass is 9.74. The van der Waals surface area contributed by atoms with Crippen LogP contribution in [-0.2, 0) is 11.3 Å². The van der Waals surface area contributed by atoms with Gasteiger partial charge < -0.3 is 10.0 Å². The molecule has 5 heteroatoms. The zero-order chi connectivity index (χ0) is 16.7. The number of hydrogen-bond acceptors (Lipinski definition) is 4. The number of aryl methyl sites for hydroxylation is 1. The molecule has 0 unspecified atom stereocenters. The molecule has 0 spiro atoms. The SMILES string of the molecule is Cc1ccc(CN2C[C@@H]3CCN(C(=O)C4CC4)C[C@]3(CO)C2)nc1. The fourth-order valence-electron chi connectivity index (χ4n) is 4.44. The number of carbonyl (C=O) groups is 1. The van der Waals surface area contributed by atoms with Crippen LogP contribution in [0.3, 0.4) is 0 Å². The summed E-state index contributed by atoms with van der Waals surface area (Å²) in [6, 6.07) is 4.19. The normalized spacial score (nSPS) is 30.4. The van der Waals surface area contributed by atoms with Gasteiger partial charge in [0.25, 0.3) is 0 Å². The Bertz CT molecular complexity index is 614. The average Bonchev–Trinajstić information content (AvgIpc) is 3.37. The maximum absolute atomic E-state index is 12.4. The van der Waals surface area contributed by atoms with Crippen molar-refractivity contribution in [2.45, 2.75) is 32.7 Å². The second kappa shape index (κ2) is 6.12. The molecule has 2 saturated heterocycles. The number of nitrogens with zero attached hydrogens (tertiary/aromatic N) is 3. The van der Waals surface area contributed by atoms with Gasteiger partial charge in [-0.15, -0.1) is 0 Å². The minimum absolute atomic E-state index is 0.145. The quantitative estimate of drug-likeness (QED) is 0.908. The molecule has 0 aromatic carbocycles. The standard InChI is InChI=1S/C19H27N3O2/c1-14-2-5-17(20-8-14)10-21-9-16-6-7-22(18(24)15-3-4-15)12-19(16,11-21)13-23/h2,5,8,15-16,23H,3-4,6-7,9-13H2,1H3/t16-,19-/m0/s1. The first kappa shape index (κ1) is 16.0. The van der Waals surface area contributed by atoms with Crippen molar-refractivity contribution >= 4 is 5.91 Å². The van der Waals surface area contributed by atoms with E-state index in [0.29, 0.717) is 11.8 Å². The van der Waals surface area contributed by atoms with E-state index in [2.05, 4.69) is 22.0 Å². The van der Waals surface area contributed by atoms with Gasteiger partial charge in [-0.1, -0.05) is 6.07 Å². The minimum atomic E-state index is -0.145. The molecule has 1 amide bonds. The molecule has 2 atom stereocenters. The summed E-state index contributed by atoms with van der Waals surface area (Å²) in [7, 11) is 0. The topological polar surface area (TPSA) is 56.7 Å². The maximum atomic E-state index is 12.4. The summed E-state index contributed by atoms with van der Waals surface area (Å²) in [6.07, 6.45) is 5.03. The fourth-order valence-corrected chi connectivity index (χ4v) is 4.44. The van der Waals surface area contributed by atoms with Gasteiger partial charge in [0, 0.05) is 50.3 Å². The number of likely N-dealkylation sites (tertiary alicyclic amines) is 2. The number of hydrogen-bond donors (Lipinski definition) is 1. The van der Waals surface area contributed by atoms with Gasteiger partial charge in [0.05, 0.1) is 12.3 Å². The Morgan fingerprint density at radius 2 is 2.17 bits per heavy atom. The molecule has 3 heterocycles. The molecule has 3 fully saturated rings. The summed E-state index contributed by atoms with van der Waals surface area (Å²) < 4.78 is 0. The Labute approximate surface area is 143 Å². The van der Waals surface area contributed by atoms with Gasteiger partial charge in [-0.3, -0.25) is 14.7 Å². The second-order valence-electron chi connectivity index (χ2n) is 8.04. The van der Waals surface area contributed by atoms with E-state index in [1.165, 1.54) is 5.56 Å². The van der Waals surface area contributed by atoms with Crippen LogP contribution in [0.4, 0.5) is 0 Å². The summed E-state index contributed by atoms with van der Waals surface area (Å²) in [5.41, 5.74) is 2.11. The van der Waals surface area contributed by atoms with Gasteiger partial charge in [0.15, 0.2) is 0 Å². The minimum Gasteiger partial charge on any atom is -0.396 e. The number of aliphatic hydroxyl groups excluding tert-OH is 1. The highest BCUT2D eigenvalue weighted by atomic mass is 16.3. The first-order chi connectivity index (χ1) is 11.6. The van der Waals surface area contributed by atoms with E-state index in [4.69, 9.17) is 0 Å². The van der Waals surface area contributed by atoms with Crippen LogP contribution in [0.2, 0.25) is 0 Å². The lowest BCUT2D eigenvalue weighted by Gasteiger charge is -2.43. The molecule has 0 radical (unpaired) electrons. The Morgan fingerprint density at radius 3 is 2.83 bits per heavy atom. The van der Waals surface area contributed by atoms with Crippen molar-refractivity contribution in [1.29, 1.82) is 0 Å². The summed E-state index contributed by atoms with van der Waals surface area (Å²) in [4.78, 5) is 21.4. The lowest BCUT2D eigenvalue weighted by molar-refractivity contribution is -0.137. The monoisotopic (exact) mass is 329 g/mol. The molecule has 24 heavy (non-hydrogen) atoms. The first-order valence-corrected chi connectivity index (χ1v) is 9.13. The average molecular weight is 329 g/mol. The number of aromatic nitrogens is 1. The largest absolute Gasteiger partial charge is 0.396 e. The summed E-state index contributed by atoms with van der Waals surface area (Å²) >= 11 is 0. The predicted octanol–water partition coefficient (Wildman–Crippen LogP) is 1.44.